The molecule has 8 aromatic rings. The molecule has 0 saturated carbocycles. The highest BCUT2D eigenvalue weighted by Gasteiger charge is 2.30. The second-order valence-electron chi connectivity index (χ2n) is 20.7. The molecule has 5 nitrogen and oxygen atoms in total. The first-order valence-electron chi connectivity index (χ1n) is 28.4. The normalized spacial score (nSPS) is 13.6. The molecule has 7 aromatic heterocycles. The third-order valence-electron chi connectivity index (χ3n) is 15.2. The van der Waals surface area contributed by atoms with Crippen LogP contribution in [0, 0.1) is 23.2 Å². The van der Waals surface area contributed by atoms with Gasteiger partial charge >= 0.3 is 5.97 Å². The predicted molar refractivity (Wildman–Crippen MR) is 336 cm³/mol. The Kier molecular flexibility index (Phi) is 20.3. The molecule has 0 aliphatic carbocycles. The number of aryl methyl sites for hydroxylation is 2. The van der Waals surface area contributed by atoms with Crippen LogP contribution in [0.3, 0.4) is 0 Å². The Morgan fingerprint density at radius 1 is 0.592 bits per heavy atom. The van der Waals surface area contributed by atoms with Crippen LogP contribution >= 0.6 is 79.4 Å². The summed E-state index contributed by atoms with van der Waals surface area (Å²) >= 11 is 13.2. The van der Waals surface area contributed by atoms with Crippen molar-refractivity contribution in [2.45, 2.75) is 170 Å². The molecule has 9 rings (SSSR count). The van der Waals surface area contributed by atoms with Crippen LogP contribution in [0.2, 0.25) is 0 Å². The maximum absolute atomic E-state index is 12.1. The summed E-state index contributed by atoms with van der Waals surface area (Å²) in [6, 6.07) is 21.6. The van der Waals surface area contributed by atoms with Crippen molar-refractivity contribution in [3.05, 3.63) is 85.2 Å². The van der Waals surface area contributed by atoms with Crippen LogP contribution in [-0.4, -0.2) is 24.3 Å². The molecule has 1 aliphatic rings. The number of nitriles is 1. The van der Waals surface area contributed by atoms with Gasteiger partial charge in [0, 0.05) is 70.3 Å². The van der Waals surface area contributed by atoms with Crippen molar-refractivity contribution in [3.63, 3.8) is 0 Å². The lowest BCUT2D eigenvalue weighted by molar-refractivity contribution is -0.132. The third-order valence-corrected chi connectivity index (χ3v) is 23.5. The maximum Gasteiger partial charge on any atom is 0.346 e. The van der Waals surface area contributed by atoms with E-state index in [2.05, 4.69) is 95.5 Å². The second-order valence-corrected chi connectivity index (χ2v) is 28.2. The summed E-state index contributed by atoms with van der Waals surface area (Å²) in [5.41, 5.74) is 5.21. The fourth-order valence-corrected chi connectivity index (χ4v) is 19.5. The monoisotopic (exact) mass is 1150 g/mol. The van der Waals surface area contributed by atoms with E-state index in [-0.39, 0.29) is 5.57 Å². The summed E-state index contributed by atoms with van der Waals surface area (Å²) in [5, 5.41) is 24.7. The topological polar surface area (TPSA) is 79.6 Å². The molecule has 0 spiro atoms. The van der Waals surface area contributed by atoms with Gasteiger partial charge in [0.05, 0.1) is 14.6 Å². The van der Waals surface area contributed by atoms with Crippen LogP contribution in [0.5, 0.6) is 11.5 Å². The summed E-state index contributed by atoms with van der Waals surface area (Å²) in [5.74, 6) is 1.40. The van der Waals surface area contributed by atoms with E-state index >= 15 is 0 Å². The second kappa shape index (κ2) is 27.2. The zero-order valence-corrected chi connectivity index (χ0v) is 51.2. The van der Waals surface area contributed by atoms with E-state index in [0.717, 1.165) is 66.5 Å². The molecular weight excluding hydrogens is 1070 g/mol. The minimum atomic E-state index is -1.25. The number of nitrogens with zero attached hydrogens (tertiary/aromatic N) is 1. The van der Waals surface area contributed by atoms with Crippen LogP contribution in [0.15, 0.2) is 59.5 Å². The molecule has 2 atom stereocenters. The fraction of sp³-hybridized carbons (Fsp3) is 0.469. The van der Waals surface area contributed by atoms with Crippen LogP contribution in [0.1, 0.15) is 170 Å². The van der Waals surface area contributed by atoms with Crippen molar-refractivity contribution in [2.75, 3.05) is 13.2 Å². The molecule has 0 saturated heterocycles. The molecule has 0 fully saturated rings. The van der Waals surface area contributed by atoms with Gasteiger partial charge in [0.25, 0.3) is 0 Å². The Labute approximate surface area is 480 Å². The average Bonchev–Trinajstić information content (AvgIpc) is 4.38. The van der Waals surface area contributed by atoms with E-state index in [1.807, 2.05) is 74.1 Å². The number of benzene rings is 1. The lowest BCUT2D eigenvalue weighted by Crippen LogP contribution is -2.15. The van der Waals surface area contributed by atoms with Crippen LogP contribution in [0.4, 0.5) is 0 Å². The van der Waals surface area contributed by atoms with E-state index in [0.29, 0.717) is 29.6 Å². The van der Waals surface area contributed by atoms with E-state index < -0.39 is 5.97 Å². The number of hydrogen-bond acceptors (Lipinski definition) is 11. The number of thiophene rings is 7. The van der Waals surface area contributed by atoms with Crippen molar-refractivity contribution in [2.24, 2.45) is 11.8 Å². The Bertz CT molecular complexity index is 3170. The number of ether oxygens (including phenoxy) is 2. The number of carbonyl (C=O) groups is 1. The average molecular weight is 1150 g/mol. The van der Waals surface area contributed by atoms with Gasteiger partial charge in [-0.15, -0.1) is 79.4 Å². The smallest absolute Gasteiger partial charge is 0.346 e. The van der Waals surface area contributed by atoms with E-state index in [9.17, 15) is 15.2 Å². The van der Waals surface area contributed by atoms with Crippen LogP contribution < -0.4 is 9.47 Å². The van der Waals surface area contributed by atoms with Gasteiger partial charge < -0.3 is 14.6 Å². The van der Waals surface area contributed by atoms with Gasteiger partial charge in [-0.3, -0.25) is 0 Å². The molecule has 0 bridgehead atoms. The number of carboxylic acids is 1. The lowest BCUT2D eigenvalue weighted by atomic mass is 9.95. The summed E-state index contributed by atoms with van der Waals surface area (Å²) in [7, 11) is 0. The molecule has 1 N–H and O–H groups in total. The summed E-state index contributed by atoms with van der Waals surface area (Å²) in [6.45, 7) is 14.7. The molecule has 2 unspecified atom stereocenters. The Hall–Kier alpha value is -4.06. The van der Waals surface area contributed by atoms with Gasteiger partial charge in [-0.1, -0.05) is 131 Å². The van der Waals surface area contributed by atoms with E-state index in [1.165, 1.54) is 182 Å². The fourth-order valence-electron chi connectivity index (χ4n) is 10.9. The van der Waals surface area contributed by atoms with E-state index in [4.69, 9.17) is 9.47 Å². The standard InChI is InChI=1S/C64H75NO4S7/c1-7-13-17-19-23-42-35-51(73-59(42)54-36-43(24-20-18-14-8-2)60(76-54)63-58-57(68-30-31-69-58)53(75-63)37-44(39-65)64(66)67)52-38-48-56(50-28-26-46(72-50)34-41(12-6)22-16-10-4)61-47(29-32-70-61)55(62(48)74-52)49-27-25-45(71-49)33-40(11-5)21-15-9-3/h25-29,32,35-38,40-41H,7-24,30-31,33-34H2,1-6H3,(H,66,67)/b44-37+. The first-order chi connectivity index (χ1) is 37.2. The first-order valence-corrected chi connectivity index (χ1v) is 34.2. The Balaban J connectivity index is 1.20. The van der Waals surface area contributed by atoms with Gasteiger partial charge in [-0.05, 0) is 121 Å². The Morgan fingerprint density at radius 3 is 1.75 bits per heavy atom. The zero-order chi connectivity index (χ0) is 53.1. The molecule has 8 heterocycles. The van der Waals surface area contributed by atoms with Crippen LogP contribution in [0.25, 0.3) is 76.4 Å². The summed E-state index contributed by atoms with van der Waals surface area (Å²) in [6.07, 6.45) is 25.3. The molecule has 402 valence electrons. The summed E-state index contributed by atoms with van der Waals surface area (Å²) in [4.78, 5) is 25.9. The molecule has 0 radical (unpaired) electrons. The van der Waals surface area contributed by atoms with Gasteiger partial charge in [0.2, 0.25) is 0 Å². The lowest BCUT2D eigenvalue weighted by Gasteiger charge is -2.17. The predicted octanol–water partition coefficient (Wildman–Crippen LogP) is 22.3. The van der Waals surface area contributed by atoms with E-state index in [1.54, 1.807) is 0 Å². The molecule has 76 heavy (non-hydrogen) atoms. The third kappa shape index (κ3) is 12.8. The van der Waals surface area contributed by atoms with Crippen molar-refractivity contribution < 1.29 is 19.4 Å². The van der Waals surface area contributed by atoms with Crippen molar-refractivity contribution in [1.29, 1.82) is 5.26 Å². The molecule has 12 heteroatoms. The van der Waals surface area contributed by atoms with Gasteiger partial charge in [-0.25, -0.2) is 4.79 Å². The highest BCUT2D eigenvalue weighted by Crippen LogP contribution is 2.57. The SMILES string of the molecule is CCCCCCc1cc(-c2cc3c(-c4ccc(CC(CC)CCCC)s4)c4sccc4c(-c4ccc(CC(CC)CCCC)s4)c3s2)sc1-c1cc(CCCCCC)c(-c2sc(/C=C(\C#N)C(=O)O)c3c2OCCO3)s1. The van der Waals surface area contributed by atoms with Crippen molar-refractivity contribution in [3.8, 4) is 67.7 Å². The van der Waals surface area contributed by atoms with Crippen molar-refractivity contribution >= 4 is 112 Å². The number of rotatable bonds is 29. The number of carboxylic acid groups (broad SMARTS) is 1. The highest BCUT2D eigenvalue weighted by molar-refractivity contribution is 7.30. The van der Waals surface area contributed by atoms with Gasteiger partial charge in [-0.2, -0.15) is 5.26 Å². The molecular formula is C64H75NO4S7. The maximum atomic E-state index is 12.1. The van der Waals surface area contributed by atoms with Crippen LogP contribution in [-0.2, 0) is 30.5 Å². The molecule has 1 aromatic carbocycles. The summed E-state index contributed by atoms with van der Waals surface area (Å²) < 4.78 is 15.4. The van der Waals surface area contributed by atoms with Gasteiger partial charge in [0.1, 0.15) is 24.9 Å². The molecule has 1 aliphatic heterocycles. The number of unbranched alkanes of at least 4 members (excludes halogenated alkanes) is 8. The largest absolute Gasteiger partial charge is 0.485 e. The minimum Gasteiger partial charge on any atom is -0.485 e. The number of fused-ring (bicyclic) bond motifs is 3. The number of aliphatic carboxylic acids is 1. The van der Waals surface area contributed by atoms with Gasteiger partial charge in [0.15, 0.2) is 11.5 Å². The minimum absolute atomic E-state index is 0.318. The zero-order valence-electron chi connectivity index (χ0n) is 45.5. The Morgan fingerprint density at radius 2 is 1.16 bits per heavy atom. The number of hydrogen-bond donors (Lipinski definition) is 1. The van der Waals surface area contributed by atoms with Crippen molar-refractivity contribution in [1.82, 2.24) is 0 Å². The molecule has 0 amide bonds. The quantitative estimate of drug-likeness (QED) is 0.0287. The first kappa shape index (κ1) is 56.7. The highest BCUT2D eigenvalue weighted by atomic mass is 32.1.